The summed E-state index contributed by atoms with van der Waals surface area (Å²) < 4.78 is 0. The largest absolute Gasteiger partial charge is 0.379 e. The second-order valence-electron chi connectivity index (χ2n) is 5.21. The first-order valence-electron chi connectivity index (χ1n) is 7.03. The van der Waals surface area contributed by atoms with E-state index in [2.05, 4.69) is 15.5 Å². The van der Waals surface area contributed by atoms with E-state index in [0.29, 0.717) is 12.1 Å². The number of rotatable bonds is 5. The Hall–Kier alpha value is -2.15. The second kappa shape index (κ2) is 6.53. The lowest BCUT2D eigenvalue weighted by Crippen LogP contribution is -2.36. The van der Waals surface area contributed by atoms with Gasteiger partial charge >= 0.3 is 0 Å². The van der Waals surface area contributed by atoms with Gasteiger partial charge in [-0.25, -0.2) is 0 Å². The molecule has 0 aromatic heterocycles. The molecule has 7 nitrogen and oxygen atoms in total. The van der Waals surface area contributed by atoms with Crippen LogP contribution in [-0.4, -0.2) is 48.5 Å². The molecule has 0 radical (unpaired) electrons. The van der Waals surface area contributed by atoms with Gasteiger partial charge in [0.25, 0.3) is 11.6 Å². The minimum atomic E-state index is -0.474. The number of carbonyl (C=O) groups is 1. The number of amides is 1. The maximum Gasteiger partial charge on any atom is 0.293 e. The molecular weight excluding hydrogens is 272 g/mol. The number of nitro benzene ring substituents is 1. The molecule has 0 saturated carbocycles. The maximum absolute atomic E-state index is 12.4. The summed E-state index contributed by atoms with van der Waals surface area (Å²) in [6.07, 6.45) is 0.897. The fraction of sp³-hybridized carbons (Fsp3) is 0.500. The maximum atomic E-state index is 12.4. The van der Waals surface area contributed by atoms with E-state index in [0.717, 1.165) is 19.5 Å². The predicted octanol–water partition coefficient (Wildman–Crippen LogP) is 1.46. The molecule has 1 aromatic carbocycles. The van der Waals surface area contributed by atoms with Crippen LogP contribution < -0.4 is 10.6 Å². The molecule has 1 atom stereocenters. The van der Waals surface area contributed by atoms with Crippen molar-refractivity contribution in [2.24, 2.45) is 0 Å². The van der Waals surface area contributed by atoms with Gasteiger partial charge in [-0.2, -0.15) is 0 Å². The van der Waals surface area contributed by atoms with Crippen molar-refractivity contribution in [1.29, 1.82) is 0 Å². The lowest BCUT2D eigenvalue weighted by Gasteiger charge is -2.15. The molecule has 114 valence electrons. The van der Waals surface area contributed by atoms with Crippen LogP contribution in [0.1, 0.15) is 23.7 Å². The topological polar surface area (TPSA) is 87.5 Å². The van der Waals surface area contributed by atoms with Gasteiger partial charge in [0, 0.05) is 25.2 Å². The third-order valence-corrected chi connectivity index (χ3v) is 3.56. The smallest absolute Gasteiger partial charge is 0.293 e. The van der Waals surface area contributed by atoms with Crippen molar-refractivity contribution in [1.82, 2.24) is 10.2 Å². The van der Waals surface area contributed by atoms with Crippen molar-refractivity contribution in [2.45, 2.75) is 19.4 Å². The number of hydrogen-bond donors (Lipinski definition) is 2. The second-order valence-corrected chi connectivity index (χ2v) is 5.21. The van der Waals surface area contributed by atoms with Gasteiger partial charge in [-0.05, 0) is 33.0 Å². The number of likely N-dealkylation sites (N-methyl/N-ethyl adjacent to an activating group) is 1. The van der Waals surface area contributed by atoms with E-state index in [1.165, 1.54) is 12.1 Å². The standard InChI is InChI=1S/C14H20N4O3/c1-3-15-13-11(5-4-6-12(13)18(20)21)14(19)16-10-7-8-17(2)9-10/h4-6,10,15H,3,7-9H2,1-2H3,(H,16,19). The third-order valence-electron chi connectivity index (χ3n) is 3.56. The zero-order valence-electron chi connectivity index (χ0n) is 12.3. The molecule has 1 aliphatic heterocycles. The van der Waals surface area contributed by atoms with E-state index in [-0.39, 0.29) is 23.3 Å². The van der Waals surface area contributed by atoms with Crippen molar-refractivity contribution in [3.8, 4) is 0 Å². The molecule has 1 aromatic rings. The van der Waals surface area contributed by atoms with E-state index in [1.54, 1.807) is 6.07 Å². The molecule has 2 N–H and O–H groups in total. The van der Waals surface area contributed by atoms with Gasteiger partial charge in [-0.15, -0.1) is 0 Å². The Balaban J connectivity index is 2.23. The van der Waals surface area contributed by atoms with Gasteiger partial charge in [0.1, 0.15) is 5.69 Å². The fourth-order valence-corrected chi connectivity index (χ4v) is 2.56. The average Bonchev–Trinajstić information content (AvgIpc) is 2.84. The highest BCUT2D eigenvalue weighted by Gasteiger charge is 2.25. The molecule has 0 aliphatic carbocycles. The lowest BCUT2D eigenvalue weighted by atomic mass is 10.1. The van der Waals surface area contributed by atoms with Crippen LogP contribution in [0, 0.1) is 10.1 Å². The summed E-state index contributed by atoms with van der Waals surface area (Å²) in [6.45, 7) is 4.10. The summed E-state index contributed by atoms with van der Waals surface area (Å²) in [5, 5.41) is 17.0. The van der Waals surface area contributed by atoms with Gasteiger partial charge in [-0.3, -0.25) is 14.9 Å². The Bertz CT molecular complexity index is 547. The quantitative estimate of drug-likeness (QED) is 0.633. The molecule has 1 heterocycles. The van der Waals surface area contributed by atoms with Crippen molar-refractivity contribution < 1.29 is 9.72 Å². The van der Waals surface area contributed by atoms with Crippen molar-refractivity contribution in [3.05, 3.63) is 33.9 Å². The number of anilines is 1. The van der Waals surface area contributed by atoms with Gasteiger partial charge in [0.05, 0.1) is 10.5 Å². The van der Waals surface area contributed by atoms with Crippen molar-refractivity contribution in [2.75, 3.05) is 32.0 Å². The van der Waals surface area contributed by atoms with Crippen LogP contribution in [0.5, 0.6) is 0 Å². The third kappa shape index (κ3) is 3.49. The highest BCUT2D eigenvalue weighted by Crippen LogP contribution is 2.28. The van der Waals surface area contributed by atoms with Crippen LogP contribution in [0.2, 0.25) is 0 Å². The normalized spacial score (nSPS) is 18.5. The van der Waals surface area contributed by atoms with Crippen LogP contribution in [0.15, 0.2) is 18.2 Å². The summed E-state index contributed by atoms with van der Waals surface area (Å²) >= 11 is 0. The molecule has 1 aliphatic rings. The Morgan fingerprint density at radius 3 is 2.86 bits per heavy atom. The van der Waals surface area contributed by atoms with Crippen LogP contribution in [-0.2, 0) is 0 Å². The molecule has 1 unspecified atom stereocenters. The number of para-hydroxylation sites is 1. The summed E-state index contributed by atoms with van der Waals surface area (Å²) in [5.41, 5.74) is 0.530. The number of nitro groups is 1. The number of benzene rings is 1. The highest BCUT2D eigenvalue weighted by molar-refractivity contribution is 6.01. The first-order chi connectivity index (χ1) is 10.0. The molecule has 1 saturated heterocycles. The fourth-order valence-electron chi connectivity index (χ4n) is 2.56. The van der Waals surface area contributed by atoms with E-state index < -0.39 is 4.92 Å². The van der Waals surface area contributed by atoms with Gasteiger partial charge in [0.2, 0.25) is 0 Å². The average molecular weight is 292 g/mol. The minimum absolute atomic E-state index is 0.0759. The van der Waals surface area contributed by atoms with E-state index >= 15 is 0 Å². The Morgan fingerprint density at radius 2 is 2.29 bits per heavy atom. The van der Waals surface area contributed by atoms with E-state index in [9.17, 15) is 14.9 Å². The van der Waals surface area contributed by atoms with Crippen LogP contribution in [0.4, 0.5) is 11.4 Å². The first kappa shape index (κ1) is 15.2. The number of hydrogen-bond acceptors (Lipinski definition) is 5. The minimum Gasteiger partial charge on any atom is -0.379 e. The monoisotopic (exact) mass is 292 g/mol. The number of nitrogens with zero attached hydrogens (tertiary/aromatic N) is 2. The number of likely N-dealkylation sites (tertiary alicyclic amines) is 1. The number of nitrogens with one attached hydrogen (secondary N) is 2. The van der Waals surface area contributed by atoms with Gasteiger partial charge in [0.15, 0.2) is 0 Å². The molecule has 0 spiro atoms. The first-order valence-corrected chi connectivity index (χ1v) is 7.03. The van der Waals surface area contributed by atoms with Gasteiger partial charge < -0.3 is 15.5 Å². The molecule has 21 heavy (non-hydrogen) atoms. The lowest BCUT2D eigenvalue weighted by molar-refractivity contribution is -0.384. The van der Waals surface area contributed by atoms with Crippen molar-refractivity contribution >= 4 is 17.3 Å². The van der Waals surface area contributed by atoms with Crippen molar-refractivity contribution in [3.63, 3.8) is 0 Å². The molecule has 7 heteroatoms. The number of carbonyl (C=O) groups excluding carboxylic acids is 1. The summed E-state index contributed by atoms with van der Waals surface area (Å²) in [5.74, 6) is -0.269. The molecule has 1 amide bonds. The Kier molecular flexibility index (Phi) is 4.74. The molecular formula is C14H20N4O3. The predicted molar refractivity (Wildman–Crippen MR) is 80.6 cm³/mol. The molecule has 0 bridgehead atoms. The summed E-state index contributed by atoms with van der Waals surface area (Å²) in [6, 6.07) is 4.64. The summed E-state index contributed by atoms with van der Waals surface area (Å²) in [7, 11) is 2.00. The van der Waals surface area contributed by atoms with Crippen LogP contribution >= 0.6 is 0 Å². The highest BCUT2D eigenvalue weighted by atomic mass is 16.6. The Labute approximate surface area is 123 Å². The van der Waals surface area contributed by atoms with E-state index in [4.69, 9.17) is 0 Å². The molecule has 2 rings (SSSR count). The van der Waals surface area contributed by atoms with Crippen LogP contribution in [0.3, 0.4) is 0 Å². The Morgan fingerprint density at radius 1 is 1.52 bits per heavy atom. The molecule has 1 fully saturated rings. The SMILES string of the molecule is CCNc1c(C(=O)NC2CCN(C)C2)cccc1[N+](=O)[O-]. The van der Waals surface area contributed by atoms with Crippen LogP contribution in [0.25, 0.3) is 0 Å². The zero-order valence-corrected chi connectivity index (χ0v) is 12.3. The van der Waals surface area contributed by atoms with E-state index in [1.807, 2.05) is 14.0 Å². The summed E-state index contributed by atoms with van der Waals surface area (Å²) in [4.78, 5) is 25.1. The van der Waals surface area contributed by atoms with Gasteiger partial charge in [-0.1, -0.05) is 6.07 Å². The zero-order chi connectivity index (χ0) is 15.4.